The van der Waals surface area contributed by atoms with E-state index in [-0.39, 0.29) is 33.3 Å². The number of hydrogen-bond acceptors (Lipinski definition) is 5. The Morgan fingerprint density at radius 1 is 1.19 bits per heavy atom. The lowest BCUT2D eigenvalue weighted by Crippen LogP contribution is -2.13. The topological polar surface area (TPSA) is 89.5 Å². The van der Waals surface area contributed by atoms with Gasteiger partial charge in [0, 0.05) is 34.4 Å². The van der Waals surface area contributed by atoms with Crippen molar-refractivity contribution in [1.82, 2.24) is 0 Å². The molecule has 138 valence electrons. The fraction of sp³-hybridized carbons (Fsp3) is 0.125. The number of rotatable bonds is 5. The highest BCUT2D eigenvalue weighted by Crippen LogP contribution is 2.24. The monoisotopic (exact) mass is 419 g/mol. The number of benzene rings is 2. The Morgan fingerprint density at radius 3 is 2.46 bits per heavy atom. The molecule has 0 spiro atoms. The number of amides is 1. The second-order valence-electron chi connectivity index (χ2n) is 5.12. The summed E-state index contributed by atoms with van der Waals surface area (Å²) in [6.45, 7) is 0.858. The maximum atomic E-state index is 13.2. The summed E-state index contributed by atoms with van der Waals surface area (Å²) in [4.78, 5) is 22.8. The van der Waals surface area contributed by atoms with Gasteiger partial charge in [0.1, 0.15) is 12.4 Å². The molecule has 1 amide bonds. The number of halogens is 3. The van der Waals surface area contributed by atoms with Crippen molar-refractivity contribution in [2.24, 2.45) is 0 Å². The molecule has 0 atom stereocenters. The summed E-state index contributed by atoms with van der Waals surface area (Å²) < 4.78 is 41.4. The van der Waals surface area contributed by atoms with Crippen LogP contribution in [0.2, 0.25) is 5.02 Å². The van der Waals surface area contributed by atoms with Crippen molar-refractivity contribution in [1.29, 1.82) is 0 Å². The smallest absolute Gasteiger partial charge is 0.302 e. The Hall–Kier alpha value is -2.16. The Kier molecular flexibility index (Phi) is 6.22. The van der Waals surface area contributed by atoms with Gasteiger partial charge in [-0.3, -0.25) is 9.59 Å². The molecule has 0 aliphatic rings. The summed E-state index contributed by atoms with van der Waals surface area (Å²) in [6.07, 6.45) is 0. The molecule has 0 unspecified atom stereocenters. The average Bonchev–Trinajstić information content (AvgIpc) is 2.55. The van der Waals surface area contributed by atoms with Crippen molar-refractivity contribution in [3.63, 3.8) is 0 Å². The van der Waals surface area contributed by atoms with Crippen LogP contribution in [0.1, 0.15) is 22.8 Å². The summed E-state index contributed by atoms with van der Waals surface area (Å²) >= 11 is 5.64. The molecule has 0 aromatic heterocycles. The second-order valence-corrected chi connectivity index (χ2v) is 8.07. The van der Waals surface area contributed by atoms with Gasteiger partial charge in [-0.05, 0) is 30.3 Å². The Bertz CT molecular complexity index is 979. The third kappa shape index (κ3) is 5.17. The molecule has 26 heavy (non-hydrogen) atoms. The van der Waals surface area contributed by atoms with E-state index in [0.29, 0.717) is 0 Å². The SMILES string of the molecule is CC(=O)OCc1ccc(C(=O)Nc2ccc(F)c(Cl)c2)cc1S(=O)(=O)Cl. The largest absolute Gasteiger partial charge is 0.461 e. The molecule has 0 aliphatic carbocycles. The predicted molar refractivity (Wildman–Crippen MR) is 94.3 cm³/mol. The van der Waals surface area contributed by atoms with Crippen LogP contribution in [0.5, 0.6) is 0 Å². The van der Waals surface area contributed by atoms with Crippen LogP contribution in [0.4, 0.5) is 10.1 Å². The summed E-state index contributed by atoms with van der Waals surface area (Å²) in [5.41, 5.74) is 0.327. The van der Waals surface area contributed by atoms with E-state index in [4.69, 9.17) is 27.0 Å². The van der Waals surface area contributed by atoms with Crippen LogP contribution in [0.15, 0.2) is 41.3 Å². The first-order valence-corrected chi connectivity index (χ1v) is 9.74. The summed E-state index contributed by atoms with van der Waals surface area (Å²) in [6, 6.07) is 7.29. The lowest BCUT2D eigenvalue weighted by atomic mass is 10.1. The van der Waals surface area contributed by atoms with Gasteiger partial charge in [-0.2, -0.15) is 0 Å². The lowest BCUT2D eigenvalue weighted by Gasteiger charge is -2.10. The van der Waals surface area contributed by atoms with E-state index in [2.05, 4.69) is 5.32 Å². The van der Waals surface area contributed by atoms with Gasteiger partial charge in [-0.15, -0.1) is 0 Å². The zero-order chi connectivity index (χ0) is 19.5. The summed E-state index contributed by atoms with van der Waals surface area (Å²) in [5.74, 6) is -1.90. The molecule has 0 heterocycles. The second kappa shape index (κ2) is 8.03. The van der Waals surface area contributed by atoms with E-state index in [1.807, 2.05) is 0 Å². The molecule has 0 saturated carbocycles. The van der Waals surface area contributed by atoms with Crippen molar-refractivity contribution in [2.75, 3.05) is 5.32 Å². The van der Waals surface area contributed by atoms with Crippen molar-refractivity contribution in [3.8, 4) is 0 Å². The minimum absolute atomic E-state index is 0.0174. The van der Waals surface area contributed by atoms with Crippen molar-refractivity contribution >= 4 is 48.9 Å². The van der Waals surface area contributed by atoms with Crippen molar-refractivity contribution < 1.29 is 27.1 Å². The van der Waals surface area contributed by atoms with E-state index >= 15 is 0 Å². The van der Waals surface area contributed by atoms with E-state index in [1.165, 1.54) is 31.2 Å². The highest BCUT2D eigenvalue weighted by Gasteiger charge is 2.19. The molecule has 0 fully saturated rings. The van der Waals surface area contributed by atoms with Gasteiger partial charge >= 0.3 is 5.97 Å². The van der Waals surface area contributed by atoms with Crippen LogP contribution in [-0.4, -0.2) is 20.3 Å². The van der Waals surface area contributed by atoms with E-state index < -0.39 is 26.7 Å². The fourth-order valence-electron chi connectivity index (χ4n) is 2.00. The molecule has 0 radical (unpaired) electrons. The molecule has 2 rings (SSSR count). The number of ether oxygens (including phenoxy) is 1. The molecule has 6 nitrogen and oxygen atoms in total. The van der Waals surface area contributed by atoms with Gasteiger partial charge in [-0.1, -0.05) is 17.7 Å². The van der Waals surface area contributed by atoms with Crippen molar-refractivity contribution in [3.05, 3.63) is 58.4 Å². The molecule has 0 saturated heterocycles. The Labute approximate surface area is 158 Å². The van der Waals surface area contributed by atoms with Crippen LogP contribution in [0, 0.1) is 5.82 Å². The Morgan fingerprint density at radius 2 is 1.88 bits per heavy atom. The maximum absolute atomic E-state index is 13.2. The van der Waals surface area contributed by atoms with Gasteiger partial charge in [0.2, 0.25) is 0 Å². The first-order chi connectivity index (χ1) is 12.1. The highest BCUT2D eigenvalue weighted by molar-refractivity contribution is 8.13. The third-order valence-electron chi connectivity index (χ3n) is 3.20. The molecular formula is C16H12Cl2FNO5S. The zero-order valence-corrected chi connectivity index (χ0v) is 15.6. The van der Waals surface area contributed by atoms with Crippen LogP contribution < -0.4 is 5.32 Å². The van der Waals surface area contributed by atoms with Crippen LogP contribution >= 0.6 is 22.3 Å². The minimum Gasteiger partial charge on any atom is -0.461 e. The number of anilines is 1. The van der Waals surface area contributed by atoms with Gasteiger partial charge in [0.15, 0.2) is 0 Å². The summed E-state index contributed by atoms with van der Waals surface area (Å²) in [5, 5.41) is 2.28. The van der Waals surface area contributed by atoms with E-state index in [0.717, 1.165) is 12.1 Å². The minimum atomic E-state index is -4.19. The highest BCUT2D eigenvalue weighted by atomic mass is 35.7. The number of hydrogen-bond donors (Lipinski definition) is 1. The third-order valence-corrected chi connectivity index (χ3v) is 4.89. The molecule has 10 heteroatoms. The molecular weight excluding hydrogens is 408 g/mol. The molecule has 2 aromatic rings. The standard InChI is InChI=1S/C16H12Cl2FNO5S/c1-9(21)25-8-11-3-2-10(6-15(11)26(18,23)24)16(22)20-12-4-5-14(19)13(17)7-12/h2-7H,8H2,1H3,(H,20,22). The number of esters is 1. The zero-order valence-electron chi connectivity index (χ0n) is 13.3. The fourth-order valence-corrected chi connectivity index (χ4v) is 3.32. The number of carbonyl (C=O) groups excluding carboxylic acids is 2. The van der Waals surface area contributed by atoms with E-state index in [1.54, 1.807) is 0 Å². The van der Waals surface area contributed by atoms with Gasteiger partial charge in [0.05, 0.1) is 9.92 Å². The van der Waals surface area contributed by atoms with E-state index in [9.17, 15) is 22.4 Å². The van der Waals surface area contributed by atoms with Gasteiger partial charge in [0.25, 0.3) is 15.0 Å². The van der Waals surface area contributed by atoms with Crippen LogP contribution in [0.3, 0.4) is 0 Å². The quantitative estimate of drug-likeness (QED) is 0.588. The molecule has 0 bridgehead atoms. The molecule has 2 aromatic carbocycles. The normalized spacial score (nSPS) is 11.1. The lowest BCUT2D eigenvalue weighted by molar-refractivity contribution is -0.142. The molecule has 1 N–H and O–H groups in total. The van der Waals surface area contributed by atoms with Gasteiger partial charge in [-0.25, -0.2) is 12.8 Å². The average molecular weight is 420 g/mol. The van der Waals surface area contributed by atoms with Crippen LogP contribution in [-0.2, 0) is 25.2 Å². The van der Waals surface area contributed by atoms with Gasteiger partial charge < -0.3 is 10.1 Å². The Balaban J connectivity index is 2.32. The first kappa shape index (κ1) is 20.2. The maximum Gasteiger partial charge on any atom is 0.302 e. The predicted octanol–water partition coefficient (Wildman–Crippen LogP) is 3.72. The number of carbonyl (C=O) groups is 2. The molecule has 0 aliphatic heterocycles. The van der Waals surface area contributed by atoms with Crippen LogP contribution in [0.25, 0.3) is 0 Å². The number of nitrogens with one attached hydrogen (secondary N) is 1. The van der Waals surface area contributed by atoms with Crippen molar-refractivity contribution in [2.45, 2.75) is 18.4 Å². The first-order valence-electron chi connectivity index (χ1n) is 7.05. The summed E-state index contributed by atoms with van der Waals surface area (Å²) in [7, 11) is 1.20.